The lowest BCUT2D eigenvalue weighted by molar-refractivity contribution is -0.0442. The molecule has 1 fully saturated rings. The molecule has 7 heteroatoms. The molecule has 0 bridgehead atoms. The van der Waals surface area contributed by atoms with E-state index in [1.807, 2.05) is 27.9 Å². The van der Waals surface area contributed by atoms with Crippen LogP contribution in [0, 0.1) is 0 Å². The first kappa shape index (κ1) is 16.4. The molecule has 2 heterocycles. The van der Waals surface area contributed by atoms with Crippen molar-refractivity contribution in [1.29, 1.82) is 0 Å². The Balaban J connectivity index is 1.93. The maximum Gasteiger partial charge on any atom is 0.263 e. The summed E-state index contributed by atoms with van der Waals surface area (Å²) in [6, 6.07) is 0. The van der Waals surface area contributed by atoms with Crippen LogP contribution in [0.1, 0.15) is 41.2 Å². The minimum Gasteiger partial charge on any atom is -0.346 e. The van der Waals surface area contributed by atoms with Gasteiger partial charge >= 0.3 is 0 Å². The van der Waals surface area contributed by atoms with Gasteiger partial charge < -0.3 is 19.7 Å². The van der Waals surface area contributed by atoms with Crippen LogP contribution in [0.3, 0.4) is 0 Å². The van der Waals surface area contributed by atoms with E-state index in [1.54, 1.807) is 6.20 Å². The molecule has 1 saturated heterocycles. The SMILES string of the molecule is CN(C)CCC(C)(C)NC(=O)c1cnc(C2OCCO2)s1. The van der Waals surface area contributed by atoms with Gasteiger partial charge in [0, 0.05) is 5.54 Å². The van der Waals surface area contributed by atoms with Gasteiger partial charge in [-0.3, -0.25) is 4.79 Å². The van der Waals surface area contributed by atoms with Gasteiger partial charge in [0.15, 0.2) is 0 Å². The topological polar surface area (TPSA) is 63.7 Å². The summed E-state index contributed by atoms with van der Waals surface area (Å²) >= 11 is 1.32. The van der Waals surface area contributed by atoms with E-state index in [0.717, 1.165) is 13.0 Å². The Kier molecular flexibility index (Phi) is 5.32. The fourth-order valence-electron chi connectivity index (χ4n) is 1.94. The zero-order chi connectivity index (χ0) is 15.5. The Bertz CT molecular complexity index is 482. The van der Waals surface area contributed by atoms with Crippen molar-refractivity contribution in [3.8, 4) is 0 Å². The maximum atomic E-state index is 12.3. The van der Waals surface area contributed by atoms with Gasteiger partial charge in [0.05, 0.1) is 19.4 Å². The molecule has 6 nitrogen and oxygen atoms in total. The number of aromatic nitrogens is 1. The van der Waals surface area contributed by atoms with Crippen molar-refractivity contribution in [3.63, 3.8) is 0 Å². The highest BCUT2D eigenvalue weighted by Gasteiger charge is 2.25. The molecule has 0 atom stereocenters. The zero-order valence-corrected chi connectivity index (χ0v) is 13.8. The lowest BCUT2D eigenvalue weighted by atomic mass is 10.0. The van der Waals surface area contributed by atoms with Crippen LogP contribution in [-0.4, -0.2) is 55.2 Å². The fourth-order valence-corrected chi connectivity index (χ4v) is 2.75. The van der Waals surface area contributed by atoms with Crippen molar-refractivity contribution >= 4 is 17.2 Å². The molecule has 1 N–H and O–H groups in total. The smallest absolute Gasteiger partial charge is 0.263 e. The van der Waals surface area contributed by atoms with Crippen molar-refractivity contribution in [1.82, 2.24) is 15.2 Å². The predicted molar refractivity (Wildman–Crippen MR) is 81.5 cm³/mol. The van der Waals surface area contributed by atoms with E-state index in [2.05, 4.69) is 15.2 Å². The van der Waals surface area contributed by atoms with Crippen LogP contribution in [0.2, 0.25) is 0 Å². The minimum atomic E-state index is -0.418. The highest BCUT2D eigenvalue weighted by atomic mass is 32.1. The third kappa shape index (κ3) is 4.74. The van der Waals surface area contributed by atoms with E-state index in [-0.39, 0.29) is 11.4 Å². The van der Waals surface area contributed by atoms with Crippen molar-refractivity contribution in [2.75, 3.05) is 33.9 Å². The average molecular weight is 313 g/mol. The maximum absolute atomic E-state index is 12.3. The van der Waals surface area contributed by atoms with Gasteiger partial charge in [-0.25, -0.2) is 4.98 Å². The van der Waals surface area contributed by atoms with Crippen molar-refractivity contribution in [2.24, 2.45) is 0 Å². The number of amides is 1. The second-order valence-electron chi connectivity index (χ2n) is 6.03. The number of nitrogens with zero attached hydrogens (tertiary/aromatic N) is 2. The molecule has 0 unspecified atom stereocenters. The predicted octanol–water partition coefficient (Wildman–Crippen LogP) is 1.65. The lowest BCUT2D eigenvalue weighted by Gasteiger charge is -2.27. The van der Waals surface area contributed by atoms with E-state index in [4.69, 9.17) is 9.47 Å². The lowest BCUT2D eigenvalue weighted by Crippen LogP contribution is -2.44. The Morgan fingerprint density at radius 1 is 1.48 bits per heavy atom. The molecule has 1 aliphatic rings. The van der Waals surface area contributed by atoms with Gasteiger partial charge in [-0.1, -0.05) is 0 Å². The molecule has 0 saturated carbocycles. The van der Waals surface area contributed by atoms with Gasteiger partial charge in [-0.2, -0.15) is 0 Å². The number of thiazole rings is 1. The number of hydrogen-bond acceptors (Lipinski definition) is 6. The van der Waals surface area contributed by atoms with Crippen LogP contribution >= 0.6 is 11.3 Å². The molecule has 1 aromatic rings. The summed E-state index contributed by atoms with van der Waals surface area (Å²) in [6.45, 7) is 6.12. The first-order chi connectivity index (χ1) is 9.87. The van der Waals surface area contributed by atoms with E-state index in [0.29, 0.717) is 23.1 Å². The molecule has 0 aliphatic carbocycles. The first-order valence-corrected chi connectivity index (χ1v) is 7.85. The van der Waals surface area contributed by atoms with Crippen LogP contribution in [-0.2, 0) is 9.47 Å². The van der Waals surface area contributed by atoms with E-state index in [9.17, 15) is 4.79 Å². The highest BCUT2D eigenvalue weighted by Crippen LogP contribution is 2.27. The summed E-state index contributed by atoms with van der Waals surface area (Å²) in [5.41, 5.74) is -0.258. The van der Waals surface area contributed by atoms with Crippen LogP contribution in [0.25, 0.3) is 0 Å². The summed E-state index contributed by atoms with van der Waals surface area (Å²) in [5, 5.41) is 3.75. The number of ether oxygens (including phenoxy) is 2. The third-order valence-electron chi connectivity index (χ3n) is 3.21. The van der Waals surface area contributed by atoms with Gasteiger partial charge in [0.1, 0.15) is 9.88 Å². The Morgan fingerprint density at radius 3 is 2.76 bits per heavy atom. The Morgan fingerprint density at radius 2 is 2.14 bits per heavy atom. The zero-order valence-electron chi connectivity index (χ0n) is 13.0. The van der Waals surface area contributed by atoms with Gasteiger partial charge in [0.25, 0.3) is 5.91 Å². The summed E-state index contributed by atoms with van der Waals surface area (Å²) in [5.74, 6) is -0.0968. The molecule has 1 aliphatic heterocycles. The first-order valence-electron chi connectivity index (χ1n) is 7.03. The molecule has 0 radical (unpaired) electrons. The second-order valence-corrected chi connectivity index (χ2v) is 7.09. The van der Waals surface area contributed by atoms with Crippen molar-refractivity contribution in [2.45, 2.75) is 32.1 Å². The van der Waals surface area contributed by atoms with Crippen molar-refractivity contribution in [3.05, 3.63) is 16.1 Å². The highest BCUT2D eigenvalue weighted by molar-refractivity contribution is 7.13. The molecule has 1 amide bonds. The number of carbonyl (C=O) groups excluding carboxylic acids is 1. The largest absolute Gasteiger partial charge is 0.346 e. The van der Waals surface area contributed by atoms with Gasteiger partial charge in [0.2, 0.25) is 6.29 Å². The summed E-state index contributed by atoms with van der Waals surface area (Å²) in [6.07, 6.45) is 2.05. The molecular weight excluding hydrogens is 290 g/mol. The standard InChI is InChI=1S/C14H23N3O3S/c1-14(2,5-6-17(3)4)16-11(18)10-9-15-12(21-10)13-19-7-8-20-13/h9,13H,5-8H2,1-4H3,(H,16,18). The van der Waals surface area contributed by atoms with Crippen molar-refractivity contribution < 1.29 is 14.3 Å². The Labute approximate surface area is 129 Å². The summed E-state index contributed by atoms with van der Waals surface area (Å²) in [7, 11) is 4.05. The van der Waals surface area contributed by atoms with E-state index in [1.165, 1.54) is 11.3 Å². The number of nitrogens with one attached hydrogen (secondary N) is 1. The Hall–Kier alpha value is -1.02. The van der Waals surface area contributed by atoms with Crippen LogP contribution < -0.4 is 5.32 Å². The monoisotopic (exact) mass is 313 g/mol. The molecule has 0 spiro atoms. The number of carbonyl (C=O) groups is 1. The normalized spacial score (nSPS) is 16.6. The van der Waals surface area contributed by atoms with Gasteiger partial charge in [-0.05, 0) is 40.9 Å². The fraction of sp³-hybridized carbons (Fsp3) is 0.714. The van der Waals surface area contributed by atoms with Crippen LogP contribution in [0.4, 0.5) is 0 Å². The van der Waals surface area contributed by atoms with Crippen LogP contribution in [0.15, 0.2) is 6.20 Å². The third-order valence-corrected chi connectivity index (χ3v) is 4.22. The van der Waals surface area contributed by atoms with Gasteiger partial charge in [-0.15, -0.1) is 11.3 Å². The minimum absolute atomic E-state index is 0.0968. The second kappa shape index (κ2) is 6.83. The molecular formula is C14H23N3O3S. The molecule has 2 rings (SSSR count). The number of rotatable bonds is 6. The van der Waals surface area contributed by atoms with Crippen LogP contribution in [0.5, 0.6) is 0 Å². The number of hydrogen-bond donors (Lipinski definition) is 1. The molecule has 1 aromatic heterocycles. The average Bonchev–Trinajstić information content (AvgIpc) is 3.06. The van der Waals surface area contributed by atoms with E-state index >= 15 is 0 Å². The quantitative estimate of drug-likeness (QED) is 0.865. The molecule has 21 heavy (non-hydrogen) atoms. The molecule has 0 aromatic carbocycles. The summed E-state index contributed by atoms with van der Waals surface area (Å²) < 4.78 is 10.8. The van der Waals surface area contributed by atoms with E-state index < -0.39 is 6.29 Å². The molecule has 118 valence electrons. The summed E-state index contributed by atoms with van der Waals surface area (Å²) in [4.78, 5) is 19.2.